The highest BCUT2D eigenvalue weighted by atomic mass is 14.7. The Hall–Kier alpha value is -0.0400. The van der Waals surface area contributed by atoms with Crippen molar-refractivity contribution in [1.82, 2.24) is 0 Å². The molecule has 1 saturated carbocycles. The SMILES string of the molecule is CCCC1CCC(C(N)C(C)CC)CC1. The first-order valence-corrected chi connectivity index (χ1v) is 6.94. The molecule has 1 rings (SSSR count). The minimum atomic E-state index is 0.456. The predicted molar refractivity (Wildman–Crippen MR) is 67.8 cm³/mol. The topological polar surface area (TPSA) is 26.0 Å². The third kappa shape index (κ3) is 3.79. The van der Waals surface area contributed by atoms with E-state index in [1.807, 2.05) is 0 Å². The van der Waals surface area contributed by atoms with Gasteiger partial charge in [-0.25, -0.2) is 0 Å². The number of hydrogen-bond acceptors (Lipinski definition) is 1. The average Bonchev–Trinajstić information content (AvgIpc) is 2.28. The molecule has 0 saturated heterocycles. The molecule has 0 heterocycles. The molecular weight excluding hydrogens is 182 g/mol. The van der Waals surface area contributed by atoms with E-state index in [4.69, 9.17) is 5.73 Å². The van der Waals surface area contributed by atoms with Crippen molar-refractivity contribution >= 4 is 0 Å². The van der Waals surface area contributed by atoms with Crippen LogP contribution in [-0.2, 0) is 0 Å². The van der Waals surface area contributed by atoms with Crippen molar-refractivity contribution in [1.29, 1.82) is 0 Å². The quantitative estimate of drug-likeness (QED) is 0.731. The second-order valence-corrected chi connectivity index (χ2v) is 5.53. The van der Waals surface area contributed by atoms with Crippen LogP contribution in [0.25, 0.3) is 0 Å². The van der Waals surface area contributed by atoms with Crippen LogP contribution in [0.5, 0.6) is 0 Å². The molecule has 0 aliphatic heterocycles. The highest BCUT2D eigenvalue weighted by molar-refractivity contribution is 4.82. The van der Waals surface area contributed by atoms with Gasteiger partial charge in [0.2, 0.25) is 0 Å². The Morgan fingerprint density at radius 2 is 1.73 bits per heavy atom. The molecule has 2 unspecified atom stereocenters. The second kappa shape index (κ2) is 6.52. The lowest BCUT2D eigenvalue weighted by Crippen LogP contribution is -2.38. The molecule has 15 heavy (non-hydrogen) atoms. The van der Waals surface area contributed by atoms with Gasteiger partial charge in [-0.1, -0.05) is 52.9 Å². The van der Waals surface area contributed by atoms with Crippen molar-refractivity contribution in [3.63, 3.8) is 0 Å². The fourth-order valence-corrected chi connectivity index (χ4v) is 3.01. The van der Waals surface area contributed by atoms with Crippen LogP contribution < -0.4 is 5.73 Å². The van der Waals surface area contributed by atoms with Crippen LogP contribution in [0.3, 0.4) is 0 Å². The van der Waals surface area contributed by atoms with Gasteiger partial charge in [-0.2, -0.15) is 0 Å². The summed E-state index contributed by atoms with van der Waals surface area (Å²) in [6.07, 6.45) is 9.66. The standard InChI is InChI=1S/C14H29N/c1-4-6-12-7-9-13(10-8-12)14(15)11(3)5-2/h11-14H,4-10,15H2,1-3H3. The zero-order valence-electron chi connectivity index (χ0n) is 10.8. The lowest BCUT2D eigenvalue weighted by molar-refractivity contribution is 0.202. The molecule has 2 atom stereocenters. The Kier molecular flexibility index (Phi) is 5.66. The fourth-order valence-electron chi connectivity index (χ4n) is 3.01. The Morgan fingerprint density at radius 1 is 1.13 bits per heavy atom. The molecule has 2 N–H and O–H groups in total. The first-order chi connectivity index (χ1) is 7.19. The van der Waals surface area contributed by atoms with Gasteiger partial charge in [0.1, 0.15) is 0 Å². The van der Waals surface area contributed by atoms with E-state index < -0.39 is 0 Å². The van der Waals surface area contributed by atoms with E-state index in [0.29, 0.717) is 12.0 Å². The molecule has 0 aromatic rings. The largest absolute Gasteiger partial charge is 0.327 e. The maximum atomic E-state index is 6.32. The summed E-state index contributed by atoms with van der Waals surface area (Å²) in [5.74, 6) is 2.53. The summed E-state index contributed by atoms with van der Waals surface area (Å²) in [5, 5.41) is 0. The molecular formula is C14H29N. The van der Waals surface area contributed by atoms with Gasteiger partial charge < -0.3 is 5.73 Å². The van der Waals surface area contributed by atoms with Crippen LogP contribution >= 0.6 is 0 Å². The molecule has 0 bridgehead atoms. The lowest BCUT2D eigenvalue weighted by atomic mass is 9.74. The predicted octanol–water partition coefficient (Wildman–Crippen LogP) is 3.97. The van der Waals surface area contributed by atoms with E-state index in [0.717, 1.165) is 11.8 Å². The van der Waals surface area contributed by atoms with Gasteiger partial charge in [0, 0.05) is 6.04 Å². The molecule has 0 amide bonds. The zero-order chi connectivity index (χ0) is 11.3. The summed E-state index contributed by atoms with van der Waals surface area (Å²) in [7, 11) is 0. The maximum Gasteiger partial charge on any atom is 0.00928 e. The van der Waals surface area contributed by atoms with Crippen molar-refractivity contribution in [3.8, 4) is 0 Å². The van der Waals surface area contributed by atoms with Gasteiger partial charge in [-0.3, -0.25) is 0 Å². The van der Waals surface area contributed by atoms with Gasteiger partial charge in [-0.05, 0) is 30.6 Å². The highest BCUT2D eigenvalue weighted by Gasteiger charge is 2.27. The molecule has 0 aromatic carbocycles. The van der Waals surface area contributed by atoms with E-state index >= 15 is 0 Å². The van der Waals surface area contributed by atoms with Crippen LogP contribution in [0.2, 0.25) is 0 Å². The summed E-state index contributed by atoms with van der Waals surface area (Å²) in [5.41, 5.74) is 6.32. The van der Waals surface area contributed by atoms with Crippen molar-refractivity contribution in [2.45, 2.75) is 71.8 Å². The van der Waals surface area contributed by atoms with E-state index in [1.54, 1.807) is 0 Å². The number of rotatable bonds is 5. The van der Waals surface area contributed by atoms with Crippen molar-refractivity contribution in [2.24, 2.45) is 23.5 Å². The van der Waals surface area contributed by atoms with E-state index in [-0.39, 0.29) is 0 Å². The monoisotopic (exact) mass is 211 g/mol. The summed E-state index contributed by atoms with van der Waals surface area (Å²) < 4.78 is 0. The second-order valence-electron chi connectivity index (χ2n) is 5.53. The molecule has 1 fully saturated rings. The van der Waals surface area contributed by atoms with Gasteiger partial charge in [0.15, 0.2) is 0 Å². The molecule has 1 nitrogen and oxygen atoms in total. The molecule has 90 valence electrons. The molecule has 1 aliphatic carbocycles. The third-order valence-corrected chi connectivity index (χ3v) is 4.43. The summed E-state index contributed by atoms with van der Waals surface area (Å²) in [6, 6.07) is 0.456. The van der Waals surface area contributed by atoms with Crippen LogP contribution in [0, 0.1) is 17.8 Å². The summed E-state index contributed by atoms with van der Waals surface area (Å²) >= 11 is 0. The zero-order valence-corrected chi connectivity index (χ0v) is 10.8. The number of hydrogen-bond donors (Lipinski definition) is 1. The maximum absolute atomic E-state index is 6.32. The van der Waals surface area contributed by atoms with Crippen LogP contribution in [0.15, 0.2) is 0 Å². The smallest absolute Gasteiger partial charge is 0.00928 e. The van der Waals surface area contributed by atoms with E-state index in [9.17, 15) is 0 Å². The lowest BCUT2D eigenvalue weighted by Gasteiger charge is -2.34. The van der Waals surface area contributed by atoms with Crippen LogP contribution in [0.4, 0.5) is 0 Å². The Morgan fingerprint density at radius 3 is 2.20 bits per heavy atom. The van der Waals surface area contributed by atoms with Crippen molar-refractivity contribution in [3.05, 3.63) is 0 Å². The fraction of sp³-hybridized carbons (Fsp3) is 1.00. The summed E-state index contributed by atoms with van der Waals surface area (Å²) in [6.45, 7) is 6.87. The van der Waals surface area contributed by atoms with Crippen molar-refractivity contribution < 1.29 is 0 Å². The first kappa shape index (κ1) is 13.0. The Balaban J connectivity index is 2.30. The minimum absolute atomic E-state index is 0.456. The normalized spacial score (nSPS) is 31.2. The van der Waals surface area contributed by atoms with Gasteiger partial charge >= 0.3 is 0 Å². The molecule has 0 aromatic heterocycles. The minimum Gasteiger partial charge on any atom is -0.327 e. The van der Waals surface area contributed by atoms with Crippen LogP contribution in [-0.4, -0.2) is 6.04 Å². The Bertz CT molecular complexity index is 159. The van der Waals surface area contributed by atoms with Gasteiger partial charge in [-0.15, -0.1) is 0 Å². The molecule has 0 radical (unpaired) electrons. The molecule has 1 heteroatoms. The summed E-state index contributed by atoms with van der Waals surface area (Å²) in [4.78, 5) is 0. The van der Waals surface area contributed by atoms with E-state index in [1.165, 1.54) is 44.9 Å². The van der Waals surface area contributed by atoms with Crippen LogP contribution in [0.1, 0.15) is 65.7 Å². The first-order valence-electron chi connectivity index (χ1n) is 6.94. The van der Waals surface area contributed by atoms with Gasteiger partial charge in [0.05, 0.1) is 0 Å². The Labute approximate surface area is 95.8 Å². The van der Waals surface area contributed by atoms with E-state index in [2.05, 4.69) is 20.8 Å². The third-order valence-electron chi connectivity index (χ3n) is 4.43. The molecule has 0 spiro atoms. The van der Waals surface area contributed by atoms with Crippen molar-refractivity contribution in [2.75, 3.05) is 0 Å². The highest BCUT2D eigenvalue weighted by Crippen LogP contribution is 2.34. The molecule has 1 aliphatic rings. The average molecular weight is 211 g/mol. The van der Waals surface area contributed by atoms with Gasteiger partial charge in [0.25, 0.3) is 0 Å². The number of nitrogens with two attached hydrogens (primary N) is 1.